The fourth-order valence-electron chi connectivity index (χ4n) is 2.03. The van der Waals surface area contributed by atoms with E-state index < -0.39 is 0 Å². The topological polar surface area (TPSA) is 17.1 Å². The molecule has 13 heavy (non-hydrogen) atoms. The first kappa shape index (κ1) is 8.42. The van der Waals surface area contributed by atoms with Gasteiger partial charge in [-0.1, -0.05) is 12.1 Å². The van der Waals surface area contributed by atoms with Crippen molar-refractivity contribution in [1.82, 2.24) is 0 Å². The minimum absolute atomic E-state index is 0.0642. The van der Waals surface area contributed by atoms with E-state index >= 15 is 0 Å². The lowest BCUT2D eigenvalue weighted by Crippen LogP contribution is -2.04. The molecule has 0 spiro atoms. The lowest BCUT2D eigenvalue weighted by atomic mass is 9.98. The second kappa shape index (κ2) is 2.95. The van der Waals surface area contributed by atoms with Crippen molar-refractivity contribution in [2.24, 2.45) is 0 Å². The number of hydrogen-bond donors (Lipinski definition) is 0. The molecule has 2 heteroatoms. The highest BCUT2D eigenvalue weighted by atomic mass is 19.1. The third kappa shape index (κ3) is 1.26. The minimum Gasteiger partial charge on any atom is -0.299 e. The molecule has 0 N–H and O–H groups in total. The standard InChI is InChI=1S/C11H11FO/c1-7(13)8-5-6-10-9(8)3-2-4-11(10)12/h2-4,8H,5-6H2,1H3. The van der Waals surface area contributed by atoms with E-state index in [4.69, 9.17) is 0 Å². The van der Waals surface area contributed by atoms with E-state index in [2.05, 4.69) is 0 Å². The molecule has 68 valence electrons. The lowest BCUT2D eigenvalue weighted by molar-refractivity contribution is -0.118. The Hall–Kier alpha value is -1.18. The van der Waals surface area contributed by atoms with Gasteiger partial charge in [-0.05, 0) is 37.0 Å². The van der Waals surface area contributed by atoms with Crippen LogP contribution in [0.1, 0.15) is 30.4 Å². The molecule has 1 aromatic carbocycles. The third-order valence-corrected chi connectivity index (χ3v) is 2.70. The summed E-state index contributed by atoms with van der Waals surface area (Å²) in [6.45, 7) is 1.57. The molecule has 0 fully saturated rings. The quantitative estimate of drug-likeness (QED) is 0.645. The van der Waals surface area contributed by atoms with Crippen LogP contribution in [-0.2, 0) is 11.2 Å². The molecule has 0 saturated carbocycles. The van der Waals surface area contributed by atoms with E-state index in [0.717, 1.165) is 17.5 Å². The van der Waals surface area contributed by atoms with Crippen molar-refractivity contribution in [2.45, 2.75) is 25.7 Å². The lowest BCUT2D eigenvalue weighted by Gasteiger charge is -2.06. The predicted molar refractivity (Wildman–Crippen MR) is 48.1 cm³/mol. The molecule has 1 aromatic rings. The number of rotatable bonds is 1. The molecular weight excluding hydrogens is 167 g/mol. The maximum absolute atomic E-state index is 13.2. The van der Waals surface area contributed by atoms with Crippen molar-refractivity contribution in [3.05, 3.63) is 35.1 Å². The van der Waals surface area contributed by atoms with Crippen molar-refractivity contribution in [1.29, 1.82) is 0 Å². The van der Waals surface area contributed by atoms with E-state index in [1.165, 1.54) is 6.07 Å². The Morgan fingerprint density at radius 3 is 3.00 bits per heavy atom. The van der Waals surface area contributed by atoms with Crippen molar-refractivity contribution in [3.63, 3.8) is 0 Å². The Kier molecular flexibility index (Phi) is 1.91. The molecule has 0 amide bonds. The fraction of sp³-hybridized carbons (Fsp3) is 0.364. The summed E-state index contributed by atoms with van der Waals surface area (Å²) in [6.07, 6.45) is 1.47. The third-order valence-electron chi connectivity index (χ3n) is 2.70. The van der Waals surface area contributed by atoms with Crippen LogP contribution >= 0.6 is 0 Å². The van der Waals surface area contributed by atoms with Crippen LogP contribution < -0.4 is 0 Å². The molecule has 0 heterocycles. The van der Waals surface area contributed by atoms with Crippen LogP contribution in [0.15, 0.2) is 18.2 Å². The van der Waals surface area contributed by atoms with Gasteiger partial charge >= 0.3 is 0 Å². The average Bonchev–Trinajstić information content (AvgIpc) is 2.48. The van der Waals surface area contributed by atoms with Crippen LogP contribution in [0.25, 0.3) is 0 Å². The Labute approximate surface area is 76.6 Å². The van der Waals surface area contributed by atoms with Crippen molar-refractivity contribution in [3.8, 4) is 0 Å². The van der Waals surface area contributed by atoms with Gasteiger partial charge in [0.05, 0.1) is 0 Å². The van der Waals surface area contributed by atoms with Crippen LogP contribution in [0.3, 0.4) is 0 Å². The highest BCUT2D eigenvalue weighted by Crippen LogP contribution is 2.34. The smallest absolute Gasteiger partial charge is 0.137 e. The first-order chi connectivity index (χ1) is 6.20. The zero-order valence-corrected chi connectivity index (χ0v) is 7.51. The highest BCUT2D eigenvalue weighted by molar-refractivity contribution is 5.84. The molecule has 0 aliphatic heterocycles. The molecule has 1 aliphatic rings. The summed E-state index contributed by atoms with van der Waals surface area (Å²) in [5.74, 6) is -0.0868. The van der Waals surface area contributed by atoms with Crippen molar-refractivity contribution >= 4 is 5.78 Å². The van der Waals surface area contributed by atoms with E-state index in [9.17, 15) is 9.18 Å². The van der Waals surface area contributed by atoms with E-state index in [1.807, 2.05) is 6.07 Å². The summed E-state index contributed by atoms with van der Waals surface area (Å²) in [7, 11) is 0. The summed E-state index contributed by atoms with van der Waals surface area (Å²) >= 11 is 0. The van der Waals surface area contributed by atoms with Gasteiger partial charge in [0.15, 0.2) is 0 Å². The molecule has 1 nitrogen and oxygen atoms in total. The maximum Gasteiger partial charge on any atom is 0.137 e. The van der Waals surface area contributed by atoms with Gasteiger partial charge < -0.3 is 0 Å². The predicted octanol–water partition coefficient (Wildman–Crippen LogP) is 2.44. The molecule has 2 rings (SSSR count). The molecule has 0 saturated heterocycles. The second-order valence-corrected chi connectivity index (χ2v) is 3.51. The average molecular weight is 178 g/mol. The number of carbonyl (C=O) groups is 1. The van der Waals surface area contributed by atoms with Crippen LogP contribution in [0.2, 0.25) is 0 Å². The van der Waals surface area contributed by atoms with Gasteiger partial charge in [-0.3, -0.25) is 4.79 Å². The second-order valence-electron chi connectivity index (χ2n) is 3.51. The number of ketones is 1. The van der Waals surface area contributed by atoms with E-state index in [-0.39, 0.29) is 17.5 Å². The van der Waals surface area contributed by atoms with Crippen molar-refractivity contribution < 1.29 is 9.18 Å². The first-order valence-electron chi connectivity index (χ1n) is 4.48. The van der Waals surface area contributed by atoms with Gasteiger partial charge in [0.25, 0.3) is 0 Å². The van der Waals surface area contributed by atoms with E-state index in [0.29, 0.717) is 6.42 Å². The van der Waals surface area contributed by atoms with Crippen LogP contribution in [0.4, 0.5) is 4.39 Å². The maximum atomic E-state index is 13.2. The fourth-order valence-corrected chi connectivity index (χ4v) is 2.03. The first-order valence-corrected chi connectivity index (χ1v) is 4.48. The molecule has 1 atom stereocenters. The number of halogens is 1. The summed E-state index contributed by atoms with van der Waals surface area (Å²) in [4.78, 5) is 11.2. The Bertz CT molecular complexity index is 357. The zero-order chi connectivity index (χ0) is 9.42. The molecule has 1 unspecified atom stereocenters. The number of fused-ring (bicyclic) bond motifs is 1. The largest absolute Gasteiger partial charge is 0.299 e. The number of hydrogen-bond acceptors (Lipinski definition) is 1. The van der Waals surface area contributed by atoms with Crippen molar-refractivity contribution in [2.75, 3.05) is 0 Å². The van der Waals surface area contributed by atoms with Crippen LogP contribution in [-0.4, -0.2) is 5.78 Å². The number of benzene rings is 1. The Morgan fingerprint density at radius 2 is 2.31 bits per heavy atom. The van der Waals surface area contributed by atoms with Crippen LogP contribution in [0.5, 0.6) is 0 Å². The van der Waals surface area contributed by atoms with Gasteiger partial charge in [0.1, 0.15) is 11.6 Å². The van der Waals surface area contributed by atoms with Crippen LogP contribution in [0, 0.1) is 5.82 Å². The monoisotopic (exact) mass is 178 g/mol. The molecular formula is C11H11FO. The van der Waals surface area contributed by atoms with Gasteiger partial charge in [0, 0.05) is 5.92 Å². The summed E-state index contributed by atoms with van der Waals surface area (Å²) in [5.41, 5.74) is 1.63. The minimum atomic E-state index is -0.166. The molecule has 0 radical (unpaired) electrons. The summed E-state index contributed by atoms with van der Waals surface area (Å²) in [6, 6.07) is 4.99. The molecule has 0 bridgehead atoms. The normalized spacial score (nSPS) is 20.0. The summed E-state index contributed by atoms with van der Waals surface area (Å²) in [5, 5.41) is 0. The SMILES string of the molecule is CC(=O)C1CCc2c(F)cccc21. The number of Topliss-reactive ketones (excluding diaryl/α,β-unsaturated/α-hetero) is 1. The van der Waals surface area contributed by atoms with Gasteiger partial charge in [0.2, 0.25) is 0 Å². The van der Waals surface area contributed by atoms with Gasteiger partial charge in [-0.15, -0.1) is 0 Å². The Morgan fingerprint density at radius 1 is 1.54 bits per heavy atom. The number of carbonyl (C=O) groups excluding carboxylic acids is 1. The Balaban J connectivity index is 2.49. The highest BCUT2D eigenvalue weighted by Gasteiger charge is 2.27. The summed E-state index contributed by atoms with van der Waals surface area (Å²) < 4.78 is 13.2. The van der Waals surface area contributed by atoms with Gasteiger partial charge in [-0.25, -0.2) is 4.39 Å². The molecule has 0 aromatic heterocycles. The van der Waals surface area contributed by atoms with Gasteiger partial charge in [-0.2, -0.15) is 0 Å². The van der Waals surface area contributed by atoms with E-state index in [1.54, 1.807) is 13.0 Å². The zero-order valence-electron chi connectivity index (χ0n) is 7.51. The molecule has 1 aliphatic carbocycles.